The summed E-state index contributed by atoms with van der Waals surface area (Å²) >= 11 is 0. The van der Waals surface area contributed by atoms with E-state index in [0.29, 0.717) is 16.8 Å². The third kappa shape index (κ3) is 4.76. The number of nitrogens with one attached hydrogen (secondary N) is 1. The smallest absolute Gasteiger partial charge is 0.348 e. The van der Waals surface area contributed by atoms with Crippen LogP contribution in [0.15, 0.2) is 66.7 Å². The van der Waals surface area contributed by atoms with Crippen LogP contribution in [0, 0.1) is 20.8 Å². The Hall–Kier alpha value is -3.73. The summed E-state index contributed by atoms with van der Waals surface area (Å²) in [6.45, 7) is 5.51. The minimum atomic E-state index is -0.820. The number of carbonyl (C=O) groups is 3. The molecule has 5 heteroatoms. The molecule has 0 fully saturated rings. The molecule has 29 heavy (non-hydrogen) atoms. The SMILES string of the molecule is Cc1cccc(C(=O)Nc2c(C)cccc2C(=O)OC(=O)c2cccc(C)c2)c1. The van der Waals surface area contributed by atoms with Crippen LogP contribution in [0.2, 0.25) is 0 Å². The lowest BCUT2D eigenvalue weighted by Gasteiger charge is -2.13. The quantitative estimate of drug-likeness (QED) is 0.512. The number of para-hydroxylation sites is 1. The lowest BCUT2D eigenvalue weighted by Crippen LogP contribution is -2.19. The zero-order chi connectivity index (χ0) is 21.0. The van der Waals surface area contributed by atoms with Crippen LogP contribution in [-0.2, 0) is 4.74 Å². The van der Waals surface area contributed by atoms with Crippen molar-refractivity contribution in [3.8, 4) is 0 Å². The highest BCUT2D eigenvalue weighted by molar-refractivity contribution is 6.11. The van der Waals surface area contributed by atoms with Crippen molar-refractivity contribution in [2.24, 2.45) is 0 Å². The minimum absolute atomic E-state index is 0.118. The van der Waals surface area contributed by atoms with Crippen LogP contribution in [0.1, 0.15) is 47.8 Å². The molecule has 146 valence electrons. The Labute approximate surface area is 169 Å². The second-order valence-corrected chi connectivity index (χ2v) is 6.87. The average molecular weight is 387 g/mol. The largest absolute Gasteiger partial charge is 0.386 e. The Morgan fingerprint density at radius 1 is 0.724 bits per heavy atom. The normalized spacial score (nSPS) is 10.3. The minimum Gasteiger partial charge on any atom is -0.386 e. The number of benzene rings is 3. The Morgan fingerprint density at radius 2 is 1.31 bits per heavy atom. The van der Waals surface area contributed by atoms with Crippen molar-refractivity contribution < 1.29 is 19.1 Å². The summed E-state index contributed by atoms with van der Waals surface area (Å²) in [4.78, 5) is 37.6. The Morgan fingerprint density at radius 3 is 1.97 bits per heavy atom. The van der Waals surface area contributed by atoms with Crippen LogP contribution in [0.3, 0.4) is 0 Å². The highest BCUT2D eigenvalue weighted by Gasteiger charge is 2.21. The fraction of sp³-hybridized carbons (Fsp3) is 0.125. The first-order chi connectivity index (χ1) is 13.8. The Balaban J connectivity index is 1.84. The molecule has 0 radical (unpaired) electrons. The van der Waals surface area contributed by atoms with Gasteiger partial charge in [0.2, 0.25) is 0 Å². The van der Waals surface area contributed by atoms with Gasteiger partial charge in [0.1, 0.15) is 0 Å². The van der Waals surface area contributed by atoms with Gasteiger partial charge in [-0.3, -0.25) is 4.79 Å². The van der Waals surface area contributed by atoms with Crippen molar-refractivity contribution in [1.29, 1.82) is 0 Å². The highest BCUT2D eigenvalue weighted by atomic mass is 16.6. The fourth-order valence-electron chi connectivity index (χ4n) is 2.95. The summed E-state index contributed by atoms with van der Waals surface area (Å²) in [6, 6.07) is 18.9. The summed E-state index contributed by atoms with van der Waals surface area (Å²) in [7, 11) is 0. The van der Waals surface area contributed by atoms with Crippen LogP contribution < -0.4 is 5.32 Å². The first kappa shape index (κ1) is 20.0. The summed E-state index contributed by atoms with van der Waals surface area (Å²) in [5.41, 5.74) is 3.72. The molecule has 5 nitrogen and oxygen atoms in total. The van der Waals surface area contributed by atoms with E-state index in [-0.39, 0.29) is 17.0 Å². The molecular weight excluding hydrogens is 366 g/mol. The lowest BCUT2D eigenvalue weighted by atomic mass is 10.1. The van der Waals surface area contributed by atoms with E-state index in [1.807, 2.05) is 26.0 Å². The van der Waals surface area contributed by atoms with Crippen LogP contribution >= 0.6 is 0 Å². The van der Waals surface area contributed by atoms with E-state index in [0.717, 1.165) is 11.1 Å². The molecule has 0 bridgehead atoms. The molecule has 1 N–H and O–H groups in total. The fourth-order valence-corrected chi connectivity index (χ4v) is 2.95. The lowest BCUT2D eigenvalue weighted by molar-refractivity contribution is 0.0398. The number of amides is 1. The van der Waals surface area contributed by atoms with E-state index in [1.54, 1.807) is 55.5 Å². The highest BCUT2D eigenvalue weighted by Crippen LogP contribution is 2.23. The summed E-state index contributed by atoms with van der Waals surface area (Å²) < 4.78 is 5.05. The van der Waals surface area contributed by atoms with Crippen LogP contribution in [0.25, 0.3) is 0 Å². The van der Waals surface area contributed by atoms with Crippen LogP contribution in [-0.4, -0.2) is 17.8 Å². The summed E-state index contributed by atoms with van der Waals surface area (Å²) in [6.07, 6.45) is 0. The molecule has 3 rings (SSSR count). The molecule has 3 aromatic rings. The molecule has 0 heterocycles. The van der Waals surface area contributed by atoms with E-state index < -0.39 is 11.9 Å². The van der Waals surface area contributed by atoms with Gasteiger partial charge in [-0.15, -0.1) is 0 Å². The van der Waals surface area contributed by atoms with Crippen molar-refractivity contribution in [1.82, 2.24) is 0 Å². The van der Waals surface area contributed by atoms with Crippen molar-refractivity contribution in [3.63, 3.8) is 0 Å². The number of ether oxygens (including phenoxy) is 1. The molecule has 0 aliphatic heterocycles. The molecule has 0 aliphatic carbocycles. The van der Waals surface area contributed by atoms with Crippen molar-refractivity contribution >= 4 is 23.5 Å². The van der Waals surface area contributed by atoms with Gasteiger partial charge < -0.3 is 10.1 Å². The molecule has 0 aromatic heterocycles. The maximum absolute atomic E-state index is 12.7. The van der Waals surface area contributed by atoms with Gasteiger partial charge in [-0.25, -0.2) is 9.59 Å². The Bertz CT molecular complexity index is 1100. The molecule has 0 spiro atoms. The van der Waals surface area contributed by atoms with Gasteiger partial charge in [0.05, 0.1) is 16.8 Å². The van der Waals surface area contributed by atoms with Crippen LogP contribution in [0.4, 0.5) is 5.69 Å². The second kappa shape index (κ2) is 8.52. The van der Waals surface area contributed by atoms with Gasteiger partial charge in [0.15, 0.2) is 0 Å². The molecule has 0 saturated heterocycles. The van der Waals surface area contributed by atoms with Crippen molar-refractivity contribution in [2.75, 3.05) is 5.32 Å². The standard InChI is InChI=1S/C24H21NO4/c1-15-7-4-10-18(13-15)22(26)25-21-17(3)9-6-12-20(21)24(28)29-23(27)19-11-5-8-16(2)14-19/h4-14H,1-3H3,(H,25,26). The van der Waals surface area contributed by atoms with Crippen LogP contribution in [0.5, 0.6) is 0 Å². The number of hydrogen-bond acceptors (Lipinski definition) is 4. The predicted octanol–water partition coefficient (Wildman–Crippen LogP) is 4.86. The third-order valence-electron chi connectivity index (χ3n) is 4.45. The van der Waals surface area contributed by atoms with Gasteiger partial charge in [0, 0.05) is 5.56 Å². The predicted molar refractivity (Wildman–Crippen MR) is 111 cm³/mol. The molecule has 1 amide bonds. The van der Waals surface area contributed by atoms with E-state index in [9.17, 15) is 14.4 Å². The first-order valence-corrected chi connectivity index (χ1v) is 9.16. The number of rotatable bonds is 4. The molecular formula is C24H21NO4. The number of carbonyl (C=O) groups excluding carboxylic acids is 3. The molecule has 0 saturated carbocycles. The topological polar surface area (TPSA) is 72.5 Å². The van der Waals surface area contributed by atoms with Crippen molar-refractivity contribution in [2.45, 2.75) is 20.8 Å². The van der Waals surface area contributed by atoms with E-state index in [1.165, 1.54) is 6.07 Å². The average Bonchev–Trinajstić information content (AvgIpc) is 2.69. The first-order valence-electron chi connectivity index (χ1n) is 9.16. The van der Waals surface area contributed by atoms with Gasteiger partial charge in [0.25, 0.3) is 5.91 Å². The Kier molecular flexibility index (Phi) is 5.88. The van der Waals surface area contributed by atoms with E-state index in [2.05, 4.69) is 5.32 Å². The van der Waals surface area contributed by atoms with Gasteiger partial charge >= 0.3 is 11.9 Å². The van der Waals surface area contributed by atoms with Gasteiger partial charge in [-0.2, -0.15) is 0 Å². The monoisotopic (exact) mass is 387 g/mol. The number of hydrogen-bond donors (Lipinski definition) is 1. The van der Waals surface area contributed by atoms with Gasteiger partial charge in [-0.05, 0) is 56.7 Å². The maximum Gasteiger partial charge on any atom is 0.348 e. The molecule has 0 atom stereocenters. The summed E-state index contributed by atoms with van der Waals surface area (Å²) in [5.74, 6) is -1.90. The molecule has 0 unspecified atom stereocenters. The third-order valence-corrected chi connectivity index (χ3v) is 4.45. The number of aryl methyl sites for hydroxylation is 3. The van der Waals surface area contributed by atoms with Crippen molar-refractivity contribution in [3.05, 3.63) is 100 Å². The molecule has 0 aliphatic rings. The zero-order valence-electron chi connectivity index (χ0n) is 16.5. The zero-order valence-corrected chi connectivity index (χ0v) is 16.5. The second-order valence-electron chi connectivity index (χ2n) is 6.87. The number of anilines is 1. The van der Waals surface area contributed by atoms with Gasteiger partial charge in [-0.1, -0.05) is 47.5 Å². The number of esters is 2. The maximum atomic E-state index is 12.7. The summed E-state index contributed by atoms with van der Waals surface area (Å²) in [5, 5.41) is 2.77. The van der Waals surface area contributed by atoms with E-state index >= 15 is 0 Å². The van der Waals surface area contributed by atoms with E-state index in [4.69, 9.17) is 4.74 Å². The molecule has 3 aromatic carbocycles.